The van der Waals surface area contributed by atoms with E-state index in [0.29, 0.717) is 12.0 Å². The number of hydrogen-bond acceptors (Lipinski definition) is 6. The Morgan fingerprint density at radius 1 is 0.972 bits per heavy atom. The van der Waals surface area contributed by atoms with Gasteiger partial charge in [0.15, 0.2) is 0 Å². The number of anilines is 2. The standard InChI is InChI=1S/C30H34N6/c1-20(2)33-30-19-31-18-28(35-30)25-8-9-26-17-32-29(16-27(26)15-25)34-21(3)23-6-5-7-24(14-23)22-10-12-36(4)13-11-22/h5-9,14-20,22H,3,10-13H2,1-2,4H3,(H,32,34)(H,33,35). The summed E-state index contributed by atoms with van der Waals surface area (Å²) in [5.74, 6) is 2.16. The SMILES string of the molecule is C=C(Nc1cc2cc(-c3cncc(NC(C)C)n3)ccc2cn1)c1cccc(C2CCN(C)CC2)c1. The highest BCUT2D eigenvalue weighted by Gasteiger charge is 2.18. The molecular formula is C30H34N6. The number of likely N-dealkylation sites (tertiary alicyclic amines) is 1. The number of aromatic nitrogens is 3. The van der Waals surface area contributed by atoms with Gasteiger partial charge in [-0.25, -0.2) is 9.97 Å². The lowest BCUT2D eigenvalue weighted by Crippen LogP contribution is -2.29. The molecule has 3 heterocycles. The smallest absolute Gasteiger partial charge is 0.145 e. The fraction of sp³-hybridized carbons (Fsp3) is 0.300. The number of pyridine rings is 1. The molecule has 0 spiro atoms. The van der Waals surface area contributed by atoms with Crippen LogP contribution in [0.15, 0.2) is 73.7 Å². The van der Waals surface area contributed by atoms with Gasteiger partial charge in [-0.1, -0.05) is 36.9 Å². The summed E-state index contributed by atoms with van der Waals surface area (Å²) in [5.41, 5.74) is 5.21. The van der Waals surface area contributed by atoms with E-state index < -0.39 is 0 Å². The minimum absolute atomic E-state index is 0.295. The minimum Gasteiger partial charge on any atom is -0.367 e. The maximum Gasteiger partial charge on any atom is 0.145 e. The molecule has 5 rings (SSSR count). The van der Waals surface area contributed by atoms with E-state index in [2.05, 4.69) is 102 Å². The first-order chi connectivity index (χ1) is 17.4. The van der Waals surface area contributed by atoms with Crippen molar-refractivity contribution in [2.75, 3.05) is 30.8 Å². The van der Waals surface area contributed by atoms with E-state index in [4.69, 9.17) is 4.98 Å². The van der Waals surface area contributed by atoms with Crippen molar-refractivity contribution >= 4 is 28.1 Å². The Labute approximate surface area is 213 Å². The van der Waals surface area contributed by atoms with Gasteiger partial charge in [0.2, 0.25) is 0 Å². The van der Waals surface area contributed by atoms with Crippen molar-refractivity contribution in [1.29, 1.82) is 0 Å². The Morgan fingerprint density at radius 2 is 1.81 bits per heavy atom. The van der Waals surface area contributed by atoms with Gasteiger partial charge in [0.05, 0.1) is 18.1 Å². The number of rotatable bonds is 7. The maximum atomic E-state index is 4.73. The first-order valence-electron chi connectivity index (χ1n) is 12.7. The van der Waals surface area contributed by atoms with Crippen molar-refractivity contribution in [3.63, 3.8) is 0 Å². The predicted molar refractivity (Wildman–Crippen MR) is 150 cm³/mol. The zero-order chi connectivity index (χ0) is 25.1. The van der Waals surface area contributed by atoms with E-state index in [1.54, 1.807) is 12.4 Å². The molecule has 1 saturated heterocycles. The molecule has 2 aromatic carbocycles. The van der Waals surface area contributed by atoms with Gasteiger partial charge in [-0.2, -0.15) is 0 Å². The lowest BCUT2D eigenvalue weighted by atomic mass is 9.88. The Bertz CT molecular complexity index is 1370. The highest BCUT2D eigenvalue weighted by atomic mass is 15.1. The van der Waals surface area contributed by atoms with E-state index in [-0.39, 0.29) is 0 Å². The van der Waals surface area contributed by atoms with Crippen molar-refractivity contribution in [3.05, 3.63) is 84.8 Å². The van der Waals surface area contributed by atoms with Crippen LogP contribution in [0, 0.1) is 0 Å². The minimum atomic E-state index is 0.295. The van der Waals surface area contributed by atoms with Crippen LogP contribution in [0.25, 0.3) is 27.7 Å². The molecule has 36 heavy (non-hydrogen) atoms. The molecule has 0 radical (unpaired) electrons. The van der Waals surface area contributed by atoms with Crippen molar-refractivity contribution in [1.82, 2.24) is 19.9 Å². The monoisotopic (exact) mass is 478 g/mol. The predicted octanol–water partition coefficient (Wildman–Crippen LogP) is 6.40. The summed E-state index contributed by atoms with van der Waals surface area (Å²) < 4.78 is 0. The van der Waals surface area contributed by atoms with Crippen LogP contribution >= 0.6 is 0 Å². The number of nitrogens with one attached hydrogen (secondary N) is 2. The van der Waals surface area contributed by atoms with Crippen LogP contribution in [0.5, 0.6) is 0 Å². The molecule has 0 unspecified atom stereocenters. The van der Waals surface area contributed by atoms with Gasteiger partial charge in [0.25, 0.3) is 0 Å². The number of benzene rings is 2. The van der Waals surface area contributed by atoms with E-state index in [9.17, 15) is 0 Å². The summed E-state index contributed by atoms with van der Waals surface area (Å²) in [5, 5.41) is 8.90. The average molecular weight is 479 g/mol. The second-order valence-electron chi connectivity index (χ2n) is 10.0. The normalized spacial score (nSPS) is 14.8. The van der Waals surface area contributed by atoms with Gasteiger partial charge in [-0.15, -0.1) is 0 Å². The van der Waals surface area contributed by atoms with Gasteiger partial charge in [-0.05, 0) is 87.5 Å². The lowest BCUT2D eigenvalue weighted by molar-refractivity contribution is 0.255. The van der Waals surface area contributed by atoms with E-state index in [0.717, 1.165) is 58.0 Å². The van der Waals surface area contributed by atoms with Crippen LogP contribution in [0.1, 0.15) is 43.7 Å². The van der Waals surface area contributed by atoms with Crippen LogP contribution in [0.3, 0.4) is 0 Å². The molecule has 2 N–H and O–H groups in total. The maximum absolute atomic E-state index is 4.73. The molecule has 6 heteroatoms. The molecule has 0 saturated carbocycles. The summed E-state index contributed by atoms with van der Waals surface area (Å²) in [7, 11) is 2.20. The summed E-state index contributed by atoms with van der Waals surface area (Å²) in [6, 6.07) is 17.4. The van der Waals surface area contributed by atoms with Crippen LogP contribution < -0.4 is 10.6 Å². The average Bonchev–Trinajstić information content (AvgIpc) is 2.88. The number of piperidine rings is 1. The van der Waals surface area contributed by atoms with Crippen LogP contribution in [0.4, 0.5) is 11.6 Å². The molecular weight excluding hydrogens is 444 g/mol. The van der Waals surface area contributed by atoms with E-state index in [1.807, 2.05) is 6.20 Å². The van der Waals surface area contributed by atoms with E-state index >= 15 is 0 Å². The first-order valence-corrected chi connectivity index (χ1v) is 12.7. The second kappa shape index (κ2) is 10.5. The summed E-state index contributed by atoms with van der Waals surface area (Å²) in [4.78, 5) is 16.1. The van der Waals surface area contributed by atoms with Crippen LogP contribution in [-0.4, -0.2) is 46.0 Å². The first kappa shape index (κ1) is 23.9. The highest BCUT2D eigenvalue weighted by molar-refractivity contribution is 5.89. The fourth-order valence-electron chi connectivity index (χ4n) is 4.79. The Balaban J connectivity index is 1.35. The Kier molecular flexibility index (Phi) is 6.96. The van der Waals surface area contributed by atoms with E-state index in [1.165, 1.54) is 18.4 Å². The van der Waals surface area contributed by atoms with Gasteiger partial charge in [0, 0.05) is 28.9 Å². The quantitative estimate of drug-likeness (QED) is 0.320. The number of hydrogen-bond donors (Lipinski definition) is 2. The summed E-state index contributed by atoms with van der Waals surface area (Å²) in [6.07, 6.45) is 7.85. The molecule has 2 aromatic heterocycles. The van der Waals surface area contributed by atoms with Crippen molar-refractivity contribution < 1.29 is 0 Å². The molecule has 0 amide bonds. The molecule has 0 bridgehead atoms. The number of nitrogens with zero attached hydrogens (tertiary/aromatic N) is 4. The molecule has 1 aliphatic rings. The van der Waals surface area contributed by atoms with Gasteiger partial charge < -0.3 is 15.5 Å². The third-order valence-electron chi connectivity index (χ3n) is 6.79. The third-order valence-corrected chi connectivity index (χ3v) is 6.79. The fourth-order valence-corrected chi connectivity index (χ4v) is 4.79. The van der Waals surface area contributed by atoms with Gasteiger partial charge >= 0.3 is 0 Å². The van der Waals surface area contributed by atoms with Crippen molar-refractivity contribution in [3.8, 4) is 11.3 Å². The highest BCUT2D eigenvalue weighted by Crippen LogP contribution is 2.30. The molecule has 6 nitrogen and oxygen atoms in total. The Hall–Kier alpha value is -3.77. The zero-order valence-electron chi connectivity index (χ0n) is 21.3. The topological polar surface area (TPSA) is 66.0 Å². The third kappa shape index (κ3) is 5.55. The largest absolute Gasteiger partial charge is 0.367 e. The summed E-state index contributed by atoms with van der Waals surface area (Å²) in [6.45, 7) is 10.8. The van der Waals surface area contributed by atoms with Gasteiger partial charge in [-0.3, -0.25) is 4.98 Å². The molecule has 1 fully saturated rings. The molecule has 0 aliphatic carbocycles. The molecule has 4 aromatic rings. The van der Waals surface area contributed by atoms with Gasteiger partial charge in [0.1, 0.15) is 11.6 Å². The summed E-state index contributed by atoms with van der Waals surface area (Å²) >= 11 is 0. The Morgan fingerprint density at radius 3 is 2.61 bits per heavy atom. The van der Waals surface area contributed by atoms with Crippen LogP contribution in [-0.2, 0) is 0 Å². The molecule has 184 valence electrons. The van der Waals surface area contributed by atoms with Crippen LogP contribution in [0.2, 0.25) is 0 Å². The zero-order valence-corrected chi connectivity index (χ0v) is 21.3. The van der Waals surface area contributed by atoms with Crippen molar-refractivity contribution in [2.45, 2.75) is 38.6 Å². The molecule has 0 atom stereocenters. The lowest BCUT2D eigenvalue weighted by Gasteiger charge is -2.29. The number of fused-ring (bicyclic) bond motifs is 1. The van der Waals surface area contributed by atoms with Crippen molar-refractivity contribution in [2.24, 2.45) is 0 Å². The second-order valence-corrected chi connectivity index (χ2v) is 10.0. The molecule has 1 aliphatic heterocycles.